The first kappa shape index (κ1) is 56.4. The van der Waals surface area contributed by atoms with E-state index in [0.717, 1.165) is 23.1 Å². The van der Waals surface area contributed by atoms with Crippen molar-refractivity contribution in [2.45, 2.75) is 88.4 Å². The SMILES string of the molecule is CC[C@H]1S[C@@H](n2cnc3c(=O)[nH]c(NCC(C)C)nc32)[C@H](OP(=O)(OCCC#N)OC[C@]23C[C@@H]2[C@@H](n2cnc4c(NC(=O)c5ccccc5)ncnc42)[C@H](C)[C@@H]3OC(c2ccccc2)(c2ccc(OC)cc2)c2ccc(OC)cc2)[C@@H]1C. The fraction of sp³-hybridized carbons (Fsp3) is 0.400. The summed E-state index contributed by atoms with van der Waals surface area (Å²) in [5, 5.41) is 15.4. The minimum atomic E-state index is -4.60. The third-order valence-corrected chi connectivity index (χ3v) is 19.6. The fourth-order valence-corrected chi connectivity index (χ4v) is 15.4. The molecule has 5 heterocycles. The summed E-state index contributed by atoms with van der Waals surface area (Å²) in [4.78, 5) is 53.2. The number of nitrogens with zero attached hydrogens (tertiary/aromatic N) is 8. The second-order valence-electron chi connectivity index (χ2n) is 21.7. The van der Waals surface area contributed by atoms with E-state index in [4.69, 9.17) is 42.7 Å². The molecular weight excluding hydrogens is 1080 g/mol. The third kappa shape index (κ3) is 10.6. The van der Waals surface area contributed by atoms with Gasteiger partial charge in [-0.3, -0.25) is 32.7 Å². The van der Waals surface area contributed by atoms with E-state index in [1.54, 1.807) is 62.9 Å². The zero-order valence-corrected chi connectivity index (χ0v) is 48.4. The number of carbonyl (C=O) groups excluding carboxylic acids is 1. The summed E-state index contributed by atoms with van der Waals surface area (Å²) < 4.78 is 59.1. The number of anilines is 2. The van der Waals surface area contributed by atoms with Gasteiger partial charge >= 0.3 is 7.82 Å². The molecule has 2 aliphatic carbocycles. The Morgan fingerprint density at radius 1 is 0.854 bits per heavy atom. The largest absolute Gasteiger partial charge is 0.497 e. The summed E-state index contributed by atoms with van der Waals surface area (Å²) in [6.45, 7) is 10.6. The van der Waals surface area contributed by atoms with Crippen LogP contribution in [0.1, 0.15) is 92.3 Å². The summed E-state index contributed by atoms with van der Waals surface area (Å²) in [6.07, 6.45) is 4.49. The number of aromatic amines is 1. The van der Waals surface area contributed by atoms with Crippen LogP contribution < -0.4 is 25.7 Å². The third-order valence-electron chi connectivity index (χ3n) is 16.3. The molecule has 8 aromatic rings. The number of amides is 1. The second kappa shape index (κ2) is 23.4. The number of H-pyrrole nitrogens is 1. The zero-order chi connectivity index (χ0) is 57.3. The van der Waals surface area contributed by atoms with Gasteiger partial charge in [0.1, 0.15) is 34.9 Å². The molecule has 1 unspecified atom stereocenters. The average Bonchev–Trinajstić information content (AvgIpc) is 1.89. The smallest absolute Gasteiger partial charge is 0.475 e. The number of ether oxygens (including phenoxy) is 3. The Bertz CT molecular complexity index is 3660. The van der Waals surface area contributed by atoms with Gasteiger partial charge in [-0.15, -0.1) is 11.8 Å². The molecule has 2 saturated carbocycles. The van der Waals surface area contributed by atoms with E-state index in [0.29, 0.717) is 52.8 Å². The molecule has 82 heavy (non-hydrogen) atoms. The quantitative estimate of drug-likeness (QED) is 0.0306. The predicted octanol–water partition coefficient (Wildman–Crippen LogP) is 11.0. The molecule has 10 atom stereocenters. The topological polar surface area (TPSA) is 245 Å². The number of phosphoric ester groups is 1. The Morgan fingerprint density at radius 3 is 2.15 bits per heavy atom. The molecule has 0 bridgehead atoms. The van der Waals surface area contributed by atoms with Crippen molar-refractivity contribution in [3.63, 3.8) is 0 Å². The molecule has 0 radical (unpaired) electrons. The van der Waals surface area contributed by atoms with Crippen LogP contribution in [0.2, 0.25) is 0 Å². The van der Waals surface area contributed by atoms with Gasteiger partial charge in [-0.1, -0.05) is 107 Å². The van der Waals surface area contributed by atoms with E-state index in [1.165, 1.54) is 6.33 Å². The monoisotopic (exact) mass is 1150 g/mol. The molecular formula is C60H66N11O9PS. The summed E-state index contributed by atoms with van der Waals surface area (Å²) in [5.74, 6) is 1.13. The number of nitriles is 1. The molecule has 11 rings (SSSR count). The van der Waals surface area contributed by atoms with Crippen LogP contribution in [-0.2, 0) is 28.5 Å². The lowest BCUT2D eigenvalue weighted by Gasteiger charge is -2.42. The van der Waals surface area contributed by atoms with Crippen molar-refractivity contribution in [2.24, 2.45) is 29.1 Å². The Morgan fingerprint density at radius 2 is 1.50 bits per heavy atom. The number of hydrogen-bond donors (Lipinski definition) is 3. The van der Waals surface area contributed by atoms with Gasteiger partial charge in [0.2, 0.25) is 5.95 Å². The molecule has 1 saturated heterocycles. The van der Waals surface area contributed by atoms with E-state index in [2.05, 4.69) is 71.5 Å². The Balaban J connectivity index is 1.01. The minimum absolute atomic E-state index is 0.0316. The van der Waals surface area contributed by atoms with Crippen molar-refractivity contribution < 1.29 is 37.1 Å². The lowest BCUT2D eigenvalue weighted by molar-refractivity contribution is -0.107. The standard InChI is InChI=1S/C60H66N11O9PS/c1-8-46-37(4)50(57(82-46)71-35-66-48-54(71)68-58(69-56(48)73)62-31-36(2)3)80-81(74,77-29-15-28-61)78-32-59-30-45(59)49(70-34-65-47-52(63-33-64-53(47)70)67-55(72)39-16-11-9-12-17-39)38(5)51(59)79-60(40-18-13-10-14-19-40,41-20-24-43(75-6)25-21-41)42-22-26-44(76-7)27-23-42/h9-14,16-27,33-38,45-46,49-51,57H,8,15,29-32H2,1-7H3,(H2,62,68,69,73)(H,63,64,67,72)/t37-,38+,45-,46-,49+,50-,51+,57-,59-,81?/m1/s1. The first-order valence-corrected chi connectivity index (χ1v) is 30.0. The molecule has 22 heteroatoms. The van der Waals surface area contributed by atoms with Gasteiger partial charge in [0.05, 0.1) is 58.7 Å². The van der Waals surface area contributed by atoms with Crippen molar-refractivity contribution in [2.75, 3.05) is 44.6 Å². The van der Waals surface area contributed by atoms with Gasteiger partial charge in [-0.25, -0.2) is 24.5 Å². The maximum Gasteiger partial charge on any atom is 0.475 e. The number of rotatable bonds is 23. The van der Waals surface area contributed by atoms with Gasteiger partial charge < -0.3 is 29.4 Å². The van der Waals surface area contributed by atoms with Crippen LogP contribution in [0, 0.1) is 40.4 Å². The normalized spacial score (nSPS) is 23.8. The van der Waals surface area contributed by atoms with Gasteiger partial charge in [-0.2, -0.15) is 10.2 Å². The van der Waals surface area contributed by atoms with E-state index < -0.39 is 42.0 Å². The highest BCUT2D eigenvalue weighted by Gasteiger charge is 2.73. The maximum absolute atomic E-state index is 15.9. The van der Waals surface area contributed by atoms with Gasteiger partial charge in [0, 0.05) is 34.7 Å². The average molecular weight is 1150 g/mol. The van der Waals surface area contributed by atoms with Crippen LogP contribution in [0.25, 0.3) is 22.3 Å². The molecule has 4 aromatic heterocycles. The molecule has 20 nitrogen and oxygen atoms in total. The number of benzene rings is 4. The number of methoxy groups -OCH3 is 2. The number of hydrogen-bond acceptors (Lipinski definition) is 17. The molecule has 0 spiro atoms. The number of nitrogens with one attached hydrogen (secondary N) is 3. The number of aromatic nitrogens is 8. The molecule has 3 fully saturated rings. The molecule has 1 aliphatic heterocycles. The fourth-order valence-electron chi connectivity index (χ4n) is 12.1. The van der Waals surface area contributed by atoms with E-state index in [-0.39, 0.29) is 71.8 Å². The maximum atomic E-state index is 15.9. The van der Waals surface area contributed by atoms with Crippen molar-refractivity contribution in [3.8, 4) is 17.6 Å². The van der Waals surface area contributed by atoms with Crippen molar-refractivity contribution in [3.05, 3.63) is 161 Å². The minimum Gasteiger partial charge on any atom is -0.497 e. The number of phosphoric acid groups is 1. The molecule has 3 aliphatic rings. The number of thioether (sulfide) groups is 1. The number of imidazole rings is 2. The first-order valence-electron chi connectivity index (χ1n) is 27.6. The highest BCUT2D eigenvalue weighted by Crippen LogP contribution is 2.73. The molecule has 426 valence electrons. The Kier molecular flexibility index (Phi) is 16.1. The Labute approximate surface area is 479 Å². The number of fused-ring (bicyclic) bond motifs is 3. The lowest BCUT2D eigenvalue weighted by Crippen LogP contribution is -2.43. The van der Waals surface area contributed by atoms with Crippen LogP contribution in [-0.4, -0.2) is 96.4 Å². The number of carbonyl (C=O) groups is 1. The van der Waals surface area contributed by atoms with Crippen LogP contribution in [0.3, 0.4) is 0 Å². The van der Waals surface area contributed by atoms with Gasteiger partial charge in [0.25, 0.3) is 11.5 Å². The van der Waals surface area contributed by atoms with Crippen molar-refractivity contribution in [1.29, 1.82) is 5.26 Å². The molecule has 3 N–H and O–H groups in total. The summed E-state index contributed by atoms with van der Waals surface area (Å²) in [5.41, 5.74) is 1.81. The zero-order valence-electron chi connectivity index (χ0n) is 46.7. The highest BCUT2D eigenvalue weighted by atomic mass is 32.2. The second-order valence-corrected chi connectivity index (χ2v) is 24.7. The van der Waals surface area contributed by atoms with E-state index in [9.17, 15) is 14.9 Å². The first-order chi connectivity index (χ1) is 39.7. The molecule has 4 aromatic carbocycles. The van der Waals surface area contributed by atoms with Crippen molar-refractivity contribution >= 4 is 59.6 Å². The van der Waals surface area contributed by atoms with Crippen LogP contribution in [0.15, 0.2) is 133 Å². The van der Waals surface area contributed by atoms with Crippen molar-refractivity contribution in [1.82, 2.24) is 39.0 Å². The summed E-state index contributed by atoms with van der Waals surface area (Å²) in [7, 11) is -1.34. The molecule has 1 amide bonds. The summed E-state index contributed by atoms with van der Waals surface area (Å²) in [6, 6.07) is 36.4. The highest BCUT2D eigenvalue weighted by molar-refractivity contribution is 8.00. The van der Waals surface area contributed by atoms with Gasteiger partial charge in [-0.05, 0) is 83.7 Å². The van der Waals surface area contributed by atoms with E-state index in [1.807, 2.05) is 88.9 Å². The predicted molar refractivity (Wildman–Crippen MR) is 312 cm³/mol. The lowest BCUT2D eigenvalue weighted by atomic mass is 9.79. The van der Waals surface area contributed by atoms with Crippen LogP contribution in [0.5, 0.6) is 11.5 Å². The van der Waals surface area contributed by atoms with Crippen LogP contribution in [0.4, 0.5) is 11.8 Å². The van der Waals surface area contributed by atoms with Crippen LogP contribution >= 0.6 is 19.6 Å². The van der Waals surface area contributed by atoms with E-state index >= 15 is 4.57 Å². The van der Waals surface area contributed by atoms with Gasteiger partial charge in [0.15, 0.2) is 28.1 Å². The Hall–Kier alpha value is -7.44. The summed E-state index contributed by atoms with van der Waals surface area (Å²) >= 11 is 1.62.